The van der Waals surface area contributed by atoms with Crippen LogP contribution in [0.1, 0.15) is 30.6 Å². The van der Waals surface area contributed by atoms with Crippen molar-refractivity contribution in [2.75, 3.05) is 0 Å². The largest absolute Gasteiger partial charge is 0.479 e. The Labute approximate surface area is 93.9 Å². The lowest BCUT2D eigenvalue weighted by Gasteiger charge is -2.12. The van der Waals surface area contributed by atoms with E-state index in [1.54, 1.807) is 31.2 Å². The maximum atomic E-state index is 11.0. The molecule has 0 aromatic heterocycles. The van der Waals surface area contributed by atoms with Crippen LogP contribution in [0, 0.1) is 0 Å². The number of carboxylic acid groups (broad SMARTS) is 1. The molecule has 1 aromatic carbocycles. The Hall–Kier alpha value is -1.84. The minimum absolute atomic E-state index is 0.0307. The van der Waals surface area contributed by atoms with Crippen LogP contribution in [0.15, 0.2) is 24.3 Å². The van der Waals surface area contributed by atoms with Gasteiger partial charge < -0.3 is 9.84 Å². The van der Waals surface area contributed by atoms with Gasteiger partial charge in [0, 0.05) is 5.56 Å². The highest BCUT2D eigenvalue weighted by molar-refractivity contribution is 5.94. The molecule has 0 amide bonds. The molecule has 1 atom stereocenters. The van der Waals surface area contributed by atoms with E-state index < -0.39 is 12.1 Å². The summed E-state index contributed by atoms with van der Waals surface area (Å²) in [6, 6.07) is 6.43. The second-order valence-corrected chi connectivity index (χ2v) is 3.43. The van der Waals surface area contributed by atoms with Crippen molar-refractivity contribution in [1.82, 2.24) is 0 Å². The van der Waals surface area contributed by atoms with Gasteiger partial charge >= 0.3 is 5.97 Å². The molecule has 1 N–H and O–H groups in total. The van der Waals surface area contributed by atoms with E-state index in [0.717, 1.165) is 0 Å². The zero-order chi connectivity index (χ0) is 12.1. The predicted octanol–water partition coefficient (Wildman–Crippen LogP) is 2.13. The minimum atomic E-state index is -0.988. The summed E-state index contributed by atoms with van der Waals surface area (Å²) in [5.41, 5.74) is 0.579. The molecule has 0 saturated carbocycles. The second kappa shape index (κ2) is 5.30. The summed E-state index contributed by atoms with van der Waals surface area (Å²) in [6.45, 7) is 3.21. The van der Waals surface area contributed by atoms with Gasteiger partial charge in [0.15, 0.2) is 11.9 Å². The maximum absolute atomic E-state index is 11.0. The molecule has 16 heavy (non-hydrogen) atoms. The van der Waals surface area contributed by atoms with Gasteiger partial charge in [0.25, 0.3) is 0 Å². The molecule has 86 valence electrons. The van der Waals surface area contributed by atoms with Crippen molar-refractivity contribution in [3.63, 3.8) is 0 Å². The van der Waals surface area contributed by atoms with E-state index in [0.29, 0.717) is 17.7 Å². The molecule has 0 fully saturated rings. The number of ether oxygens (including phenoxy) is 1. The lowest BCUT2D eigenvalue weighted by molar-refractivity contribution is -0.145. The summed E-state index contributed by atoms with van der Waals surface area (Å²) >= 11 is 0. The van der Waals surface area contributed by atoms with E-state index in [4.69, 9.17) is 9.84 Å². The van der Waals surface area contributed by atoms with Crippen LogP contribution < -0.4 is 4.74 Å². The summed E-state index contributed by atoms with van der Waals surface area (Å²) in [7, 11) is 0. The number of ketones is 1. The van der Waals surface area contributed by atoms with Gasteiger partial charge in [-0.15, -0.1) is 0 Å². The number of carboxylic acids is 1. The van der Waals surface area contributed by atoms with Crippen LogP contribution in [0.4, 0.5) is 0 Å². The van der Waals surface area contributed by atoms with Crippen molar-refractivity contribution in [1.29, 1.82) is 0 Å². The lowest BCUT2D eigenvalue weighted by atomic mass is 10.1. The van der Waals surface area contributed by atoms with Crippen molar-refractivity contribution in [2.45, 2.75) is 26.4 Å². The van der Waals surface area contributed by atoms with Gasteiger partial charge in [-0.1, -0.05) is 6.92 Å². The fraction of sp³-hybridized carbons (Fsp3) is 0.333. The van der Waals surface area contributed by atoms with Crippen molar-refractivity contribution in [3.05, 3.63) is 29.8 Å². The number of benzene rings is 1. The topological polar surface area (TPSA) is 63.6 Å². The number of rotatable bonds is 5. The molecule has 1 rings (SSSR count). The molecule has 0 heterocycles. The van der Waals surface area contributed by atoms with Crippen LogP contribution in [0.2, 0.25) is 0 Å². The van der Waals surface area contributed by atoms with Gasteiger partial charge in [-0.3, -0.25) is 4.79 Å². The fourth-order valence-corrected chi connectivity index (χ4v) is 1.24. The average molecular weight is 222 g/mol. The highest BCUT2D eigenvalue weighted by atomic mass is 16.5. The van der Waals surface area contributed by atoms with Gasteiger partial charge in [-0.05, 0) is 37.6 Å². The van der Waals surface area contributed by atoms with Crippen molar-refractivity contribution in [3.8, 4) is 5.75 Å². The molecule has 0 bridgehead atoms. The second-order valence-electron chi connectivity index (χ2n) is 3.43. The lowest BCUT2D eigenvalue weighted by Crippen LogP contribution is -2.25. The molecule has 0 spiro atoms. The Kier molecular flexibility index (Phi) is 4.05. The van der Waals surface area contributed by atoms with E-state index in [-0.39, 0.29) is 5.78 Å². The molecule has 0 aliphatic carbocycles. The molecule has 0 aliphatic heterocycles. The third-order valence-corrected chi connectivity index (χ3v) is 2.19. The van der Waals surface area contributed by atoms with Gasteiger partial charge in [-0.25, -0.2) is 4.79 Å². The first-order chi connectivity index (χ1) is 7.54. The zero-order valence-electron chi connectivity index (χ0n) is 9.27. The Balaban J connectivity index is 2.75. The maximum Gasteiger partial charge on any atom is 0.344 e. The number of Topliss-reactive ketones (excluding diaryl/α,β-unsaturated/α-hetero) is 1. The van der Waals surface area contributed by atoms with E-state index in [1.165, 1.54) is 6.92 Å². The molecule has 0 aliphatic rings. The highest BCUT2D eigenvalue weighted by Crippen LogP contribution is 2.15. The number of carbonyl (C=O) groups excluding carboxylic acids is 1. The van der Waals surface area contributed by atoms with Crippen molar-refractivity contribution < 1.29 is 19.4 Å². The monoisotopic (exact) mass is 222 g/mol. The van der Waals surface area contributed by atoms with Crippen LogP contribution in [0.25, 0.3) is 0 Å². The zero-order valence-corrected chi connectivity index (χ0v) is 9.27. The third-order valence-electron chi connectivity index (χ3n) is 2.19. The predicted molar refractivity (Wildman–Crippen MR) is 58.8 cm³/mol. The van der Waals surface area contributed by atoms with Gasteiger partial charge in [-0.2, -0.15) is 0 Å². The standard InChI is InChI=1S/C12H14O4/c1-3-11(12(14)15)16-10-6-4-9(5-7-10)8(2)13/h4-7,11H,3H2,1-2H3,(H,14,15). The van der Waals surface area contributed by atoms with Crippen LogP contribution >= 0.6 is 0 Å². The summed E-state index contributed by atoms with van der Waals surface area (Å²) in [5, 5.41) is 8.80. The average Bonchev–Trinajstić information content (AvgIpc) is 2.26. The molecule has 1 aromatic rings. The number of aliphatic carboxylic acids is 1. The summed E-state index contributed by atoms with van der Waals surface area (Å²) in [4.78, 5) is 21.7. The van der Waals surface area contributed by atoms with Crippen LogP contribution in [-0.4, -0.2) is 23.0 Å². The van der Waals surface area contributed by atoms with Gasteiger partial charge in [0.1, 0.15) is 5.75 Å². The molecular weight excluding hydrogens is 208 g/mol. The van der Waals surface area contributed by atoms with Crippen molar-refractivity contribution >= 4 is 11.8 Å². The molecule has 1 unspecified atom stereocenters. The fourth-order valence-electron chi connectivity index (χ4n) is 1.24. The van der Waals surface area contributed by atoms with E-state index in [1.807, 2.05) is 0 Å². The number of hydrogen-bond acceptors (Lipinski definition) is 3. The van der Waals surface area contributed by atoms with Gasteiger partial charge in [0.05, 0.1) is 0 Å². The molecule has 4 nitrogen and oxygen atoms in total. The first kappa shape index (κ1) is 12.2. The summed E-state index contributed by atoms with van der Waals surface area (Å²) in [6.07, 6.45) is -0.452. The highest BCUT2D eigenvalue weighted by Gasteiger charge is 2.16. The van der Waals surface area contributed by atoms with Gasteiger partial charge in [0.2, 0.25) is 0 Å². The first-order valence-corrected chi connectivity index (χ1v) is 5.05. The van der Waals surface area contributed by atoms with E-state index in [2.05, 4.69) is 0 Å². The Morgan fingerprint density at radius 1 is 1.31 bits per heavy atom. The van der Waals surface area contributed by atoms with Crippen LogP contribution in [-0.2, 0) is 4.79 Å². The molecule has 0 radical (unpaired) electrons. The Morgan fingerprint density at radius 2 is 1.88 bits per heavy atom. The number of carbonyl (C=O) groups is 2. The summed E-state index contributed by atoms with van der Waals surface area (Å²) < 4.78 is 5.25. The van der Waals surface area contributed by atoms with Crippen LogP contribution in [0.3, 0.4) is 0 Å². The molecular formula is C12H14O4. The smallest absolute Gasteiger partial charge is 0.344 e. The Morgan fingerprint density at radius 3 is 2.25 bits per heavy atom. The molecule has 0 saturated heterocycles. The van der Waals surface area contributed by atoms with Crippen molar-refractivity contribution in [2.24, 2.45) is 0 Å². The van der Waals surface area contributed by atoms with E-state index in [9.17, 15) is 9.59 Å². The summed E-state index contributed by atoms with van der Waals surface area (Å²) in [5.74, 6) is -0.561. The quantitative estimate of drug-likeness (QED) is 0.775. The first-order valence-electron chi connectivity index (χ1n) is 5.05. The Bertz CT molecular complexity index is 381. The number of hydrogen-bond donors (Lipinski definition) is 1. The minimum Gasteiger partial charge on any atom is -0.479 e. The normalized spacial score (nSPS) is 11.9. The van der Waals surface area contributed by atoms with Crippen LogP contribution in [0.5, 0.6) is 5.75 Å². The van der Waals surface area contributed by atoms with E-state index >= 15 is 0 Å². The molecule has 4 heteroatoms. The SMILES string of the molecule is CCC(Oc1ccc(C(C)=O)cc1)C(=O)O. The third kappa shape index (κ3) is 3.08.